The second kappa shape index (κ2) is 5.52. The largest absolute Gasteiger partial charge is 0.397 e. The number of hydrogen-bond acceptors (Lipinski definition) is 4. The number of benzene rings is 2. The Kier molecular flexibility index (Phi) is 3.96. The van der Waals surface area contributed by atoms with Crippen LogP contribution >= 0.6 is 0 Å². The van der Waals surface area contributed by atoms with Gasteiger partial charge < -0.3 is 11.1 Å². The maximum absolute atomic E-state index is 12.1. The average Bonchev–Trinajstić information content (AvgIpc) is 2.42. The quantitative estimate of drug-likeness (QED) is 0.847. The standard InChI is InChI=1S/C14H17N3O2S/c1-17(2)20(18,19)12-8-9-13(15)14(10-12)16-11-6-4-3-5-7-11/h3-10,16H,15H2,1-2H3. The minimum atomic E-state index is -3.47. The van der Waals surface area contributed by atoms with E-state index < -0.39 is 10.0 Å². The molecule has 106 valence electrons. The first kappa shape index (κ1) is 14.4. The topological polar surface area (TPSA) is 75.4 Å². The van der Waals surface area contributed by atoms with Gasteiger partial charge in [-0.1, -0.05) is 18.2 Å². The van der Waals surface area contributed by atoms with Gasteiger partial charge in [-0.3, -0.25) is 0 Å². The number of nitrogens with one attached hydrogen (secondary N) is 1. The summed E-state index contributed by atoms with van der Waals surface area (Å²) in [6.07, 6.45) is 0. The number of rotatable bonds is 4. The van der Waals surface area contributed by atoms with Gasteiger partial charge in [-0.2, -0.15) is 0 Å². The number of para-hydroxylation sites is 1. The van der Waals surface area contributed by atoms with Crippen LogP contribution in [0, 0.1) is 0 Å². The smallest absolute Gasteiger partial charge is 0.242 e. The zero-order chi connectivity index (χ0) is 14.8. The summed E-state index contributed by atoms with van der Waals surface area (Å²) in [6, 6.07) is 14.1. The molecule has 0 bridgehead atoms. The molecule has 0 aliphatic rings. The summed E-state index contributed by atoms with van der Waals surface area (Å²) in [7, 11) is -0.479. The highest BCUT2D eigenvalue weighted by atomic mass is 32.2. The van der Waals surface area contributed by atoms with Crippen LogP contribution in [0.1, 0.15) is 0 Å². The van der Waals surface area contributed by atoms with E-state index in [-0.39, 0.29) is 4.90 Å². The van der Waals surface area contributed by atoms with Crippen LogP contribution in [0.5, 0.6) is 0 Å². The summed E-state index contributed by atoms with van der Waals surface area (Å²) >= 11 is 0. The number of nitrogens with zero attached hydrogens (tertiary/aromatic N) is 1. The predicted molar refractivity (Wildman–Crippen MR) is 81.5 cm³/mol. The van der Waals surface area contributed by atoms with E-state index in [0.29, 0.717) is 11.4 Å². The van der Waals surface area contributed by atoms with E-state index >= 15 is 0 Å². The molecule has 0 aliphatic heterocycles. The lowest BCUT2D eigenvalue weighted by atomic mass is 10.2. The predicted octanol–water partition coefficient (Wildman–Crippen LogP) is 2.26. The molecule has 0 spiro atoms. The number of sulfonamides is 1. The molecule has 0 fully saturated rings. The van der Waals surface area contributed by atoms with Crippen molar-refractivity contribution in [3.8, 4) is 0 Å². The third kappa shape index (κ3) is 2.92. The van der Waals surface area contributed by atoms with E-state index in [2.05, 4.69) is 5.32 Å². The van der Waals surface area contributed by atoms with Crippen LogP contribution in [-0.2, 0) is 10.0 Å². The molecule has 0 radical (unpaired) electrons. The SMILES string of the molecule is CN(C)S(=O)(=O)c1ccc(N)c(Nc2ccccc2)c1. The van der Waals surface area contributed by atoms with Gasteiger partial charge in [-0.15, -0.1) is 0 Å². The summed E-state index contributed by atoms with van der Waals surface area (Å²) in [4.78, 5) is 0.204. The Morgan fingerprint density at radius 2 is 1.70 bits per heavy atom. The van der Waals surface area contributed by atoms with Crippen molar-refractivity contribution in [3.05, 3.63) is 48.5 Å². The highest BCUT2D eigenvalue weighted by Gasteiger charge is 2.18. The van der Waals surface area contributed by atoms with Crippen LogP contribution in [-0.4, -0.2) is 26.8 Å². The molecule has 0 heterocycles. The number of anilines is 3. The van der Waals surface area contributed by atoms with Crippen LogP contribution in [0.2, 0.25) is 0 Å². The normalized spacial score (nSPS) is 11.6. The third-order valence-corrected chi connectivity index (χ3v) is 4.67. The minimum Gasteiger partial charge on any atom is -0.397 e. The first-order valence-electron chi connectivity index (χ1n) is 6.05. The van der Waals surface area contributed by atoms with Crippen LogP contribution in [0.25, 0.3) is 0 Å². The molecule has 0 amide bonds. The Balaban J connectivity index is 2.40. The third-order valence-electron chi connectivity index (χ3n) is 2.86. The molecule has 2 rings (SSSR count). The lowest BCUT2D eigenvalue weighted by Gasteiger charge is -2.14. The van der Waals surface area contributed by atoms with Crippen molar-refractivity contribution in [2.24, 2.45) is 0 Å². The molecule has 0 aromatic heterocycles. The van der Waals surface area contributed by atoms with Crippen molar-refractivity contribution in [2.75, 3.05) is 25.1 Å². The summed E-state index contributed by atoms with van der Waals surface area (Å²) < 4.78 is 25.4. The zero-order valence-electron chi connectivity index (χ0n) is 11.4. The van der Waals surface area contributed by atoms with Gasteiger partial charge in [0.2, 0.25) is 10.0 Å². The molecular weight excluding hydrogens is 274 g/mol. The van der Waals surface area contributed by atoms with E-state index in [4.69, 9.17) is 5.73 Å². The molecule has 6 heteroatoms. The van der Waals surface area contributed by atoms with Gasteiger partial charge in [0.25, 0.3) is 0 Å². The molecule has 0 aliphatic carbocycles. The molecule has 0 atom stereocenters. The van der Waals surface area contributed by atoms with Gasteiger partial charge in [0.05, 0.1) is 16.3 Å². The van der Waals surface area contributed by atoms with Gasteiger partial charge in [0.1, 0.15) is 0 Å². The summed E-state index contributed by atoms with van der Waals surface area (Å²) in [5.74, 6) is 0. The maximum atomic E-state index is 12.1. The highest BCUT2D eigenvalue weighted by Crippen LogP contribution is 2.27. The van der Waals surface area contributed by atoms with Gasteiger partial charge in [-0.25, -0.2) is 12.7 Å². The van der Waals surface area contributed by atoms with E-state index in [1.54, 1.807) is 6.07 Å². The highest BCUT2D eigenvalue weighted by molar-refractivity contribution is 7.89. The van der Waals surface area contributed by atoms with E-state index in [1.165, 1.54) is 30.5 Å². The Bertz CT molecular complexity index is 698. The first-order valence-corrected chi connectivity index (χ1v) is 7.49. The monoisotopic (exact) mass is 291 g/mol. The molecule has 0 unspecified atom stereocenters. The lowest BCUT2D eigenvalue weighted by molar-refractivity contribution is 0.521. The fourth-order valence-corrected chi connectivity index (χ4v) is 2.62. The van der Waals surface area contributed by atoms with Gasteiger partial charge >= 0.3 is 0 Å². The Hall–Kier alpha value is -2.05. The van der Waals surface area contributed by atoms with E-state index in [9.17, 15) is 8.42 Å². The Morgan fingerprint density at radius 3 is 2.30 bits per heavy atom. The zero-order valence-corrected chi connectivity index (χ0v) is 12.2. The lowest BCUT2D eigenvalue weighted by Crippen LogP contribution is -2.22. The second-order valence-electron chi connectivity index (χ2n) is 4.53. The van der Waals surface area contributed by atoms with Crippen LogP contribution in [0.4, 0.5) is 17.1 Å². The van der Waals surface area contributed by atoms with E-state index in [0.717, 1.165) is 5.69 Å². The van der Waals surface area contributed by atoms with Crippen LogP contribution in [0.15, 0.2) is 53.4 Å². The van der Waals surface area contributed by atoms with Crippen LogP contribution < -0.4 is 11.1 Å². The fourth-order valence-electron chi connectivity index (χ4n) is 1.69. The van der Waals surface area contributed by atoms with Gasteiger partial charge in [0.15, 0.2) is 0 Å². The molecule has 2 aromatic rings. The van der Waals surface area contributed by atoms with Gasteiger partial charge in [-0.05, 0) is 30.3 Å². The summed E-state index contributed by atoms with van der Waals surface area (Å²) in [6.45, 7) is 0. The Labute approximate surface area is 119 Å². The number of hydrogen-bond donors (Lipinski definition) is 2. The van der Waals surface area contributed by atoms with Crippen molar-refractivity contribution < 1.29 is 8.42 Å². The first-order chi connectivity index (χ1) is 9.41. The van der Waals surface area contributed by atoms with E-state index in [1.807, 2.05) is 30.3 Å². The van der Waals surface area contributed by atoms with Gasteiger partial charge in [0, 0.05) is 19.8 Å². The minimum absolute atomic E-state index is 0.204. The number of nitrogens with two attached hydrogens (primary N) is 1. The fraction of sp³-hybridized carbons (Fsp3) is 0.143. The number of nitrogen functional groups attached to an aromatic ring is 1. The summed E-state index contributed by atoms with van der Waals surface area (Å²) in [5, 5.41) is 3.12. The molecule has 3 N–H and O–H groups in total. The second-order valence-corrected chi connectivity index (χ2v) is 6.68. The average molecular weight is 291 g/mol. The van der Waals surface area contributed by atoms with Crippen LogP contribution in [0.3, 0.4) is 0 Å². The Morgan fingerprint density at radius 1 is 1.05 bits per heavy atom. The molecule has 0 saturated heterocycles. The molecular formula is C14H17N3O2S. The maximum Gasteiger partial charge on any atom is 0.242 e. The molecule has 0 saturated carbocycles. The molecule has 5 nitrogen and oxygen atoms in total. The molecule has 2 aromatic carbocycles. The summed E-state index contributed by atoms with van der Waals surface area (Å²) in [5.41, 5.74) is 7.79. The van der Waals surface area contributed by atoms with Crippen molar-refractivity contribution >= 4 is 27.1 Å². The molecule has 20 heavy (non-hydrogen) atoms. The van der Waals surface area contributed by atoms with Crippen molar-refractivity contribution in [2.45, 2.75) is 4.90 Å². The van der Waals surface area contributed by atoms with Crippen molar-refractivity contribution in [3.63, 3.8) is 0 Å². The van der Waals surface area contributed by atoms with Crippen molar-refractivity contribution in [1.29, 1.82) is 0 Å². The van der Waals surface area contributed by atoms with Crippen molar-refractivity contribution in [1.82, 2.24) is 4.31 Å².